The van der Waals surface area contributed by atoms with E-state index in [4.69, 9.17) is 18.9 Å². The number of ether oxygens (including phenoxy) is 4. The van der Waals surface area contributed by atoms with Gasteiger partial charge in [0.1, 0.15) is 49.4 Å². The van der Waals surface area contributed by atoms with Crippen molar-refractivity contribution in [2.45, 2.75) is 26.4 Å². The van der Waals surface area contributed by atoms with Gasteiger partial charge >= 0.3 is 0 Å². The second-order valence-corrected chi connectivity index (χ2v) is 10.0. The molecular formula is C40H36O4. The quantitative estimate of drug-likeness (QED) is 0.144. The molecule has 0 radical (unpaired) electrons. The summed E-state index contributed by atoms with van der Waals surface area (Å²) in [4.78, 5) is 0. The van der Waals surface area contributed by atoms with Gasteiger partial charge in [-0.05, 0) is 76.9 Å². The zero-order valence-corrected chi connectivity index (χ0v) is 24.6. The van der Waals surface area contributed by atoms with Crippen molar-refractivity contribution in [1.82, 2.24) is 0 Å². The highest BCUT2D eigenvalue weighted by molar-refractivity contribution is 5.28. The number of rotatable bonds is 12. The van der Waals surface area contributed by atoms with Crippen molar-refractivity contribution < 1.29 is 18.9 Å². The van der Waals surface area contributed by atoms with E-state index in [9.17, 15) is 0 Å². The van der Waals surface area contributed by atoms with Crippen LogP contribution in [0.5, 0.6) is 23.0 Å². The Kier molecular flexibility index (Phi) is 11.5. The van der Waals surface area contributed by atoms with Crippen LogP contribution in [0.25, 0.3) is 0 Å². The first-order chi connectivity index (χ1) is 21.8. The first kappa shape index (κ1) is 30.0. The Labute approximate surface area is 260 Å². The molecule has 220 valence electrons. The minimum absolute atomic E-state index is 0.559. The lowest BCUT2D eigenvalue weighted by atomic mass is 10.1. The second-order valence-electron chi connectivity index (χ2n) is 10.0. The molecule has 0 amide bonds. The van der Waals surface area contributed by atoms with Crippen molar-refractivity contribution in [3.63, 3.8) is 0 Å². The molecule has 4 heteroatoms. The highest BCUT2D eigenvalue weighted by Gasteiger charge is 2.01. The predicted molar refractivity (Wildman–Crippen MR) is 176 cm³/mol. The SMILES string of the molecule is c1ccc(OCc2ccc(COc3ccccc3)cc2)cc1.c1ccc(OCc2cccc(COc3ccccc3)c2)cc1. The van der Waals surface area contributed by atoms with Crippen LogP contribution in [0.2, 0.25) is 0 Å². The van der Waals surface area contributed by atoms with Gasteiger partial charge in [0.15, 0.2) is 0 Å². The van der Waals surface area contributed by atoms with E-state index >= 15 is 0 Å². The van der Waals surface area contributed by atoms with Gasteiger partial charge in [0.2, 0.25) is 0 Å². The summed E-state index contributed by atoms with van der Waals surface area (Å²) in [5.74, 6) is 3.54. The zero-order valence-electron chi connectivity index (χ0n) is 24.6. The highest BCUT2D eigenvalue weighted by atomic mass is 16.5. The molecule has 0 aliphatic carbocycles. The first-order valence-corrected chi connectivity index (χ1v) is 14.7. The Morgan fingerprint density at radius 2 is 0.523 bits per heavy atom. The van der Waals surface area contributed by atoms with E-state index < -0.39 is 0 Å². The standard InChI is InChI=1S/2C20H18O2/c1-3-10-19(11-4-1)21-15-17-8-7-9-18(14-17)16-22-20-12-5-2-6-13-20;1-3-7-19(8-4-1)21-15-17-11-13-18(14-12-17)16-22-20-9-5-2-6-10-20/h2*1-14H,15-16H2. The lowest BCUT2D eigenvalue weighted by Crippen LogP contribution is -1.99. The summed E-state index contributed by atoms with van der Waals surface area (Å²) in [5.41, 5.74) is 4.57. The third-order valence-corrected chi connectivity index (χ3v) is 6.61. The fourth-order valence-corrected chi connectivity index (χ4v) is 4.27. The lowest BCUT2D eigenvalue weighted by molar-refractivity contribution is 0.300. The molecule has 6 rings (SSSR count). The van der Waals surface area contributed by atoms with E-state index in [1.54, 1.807) is 0 Å². The van der Waals surface area contributed by atoms with Crippen LogP contribution in [0.15, 0.2) is 170 Å². The lowest BCUT2D eigenvalue weighted by Gasteiger charge is -2.09. The molecule has 0 aliphatic heterocycles. The minimum Gasteiger partial charge on any atom is -0.489 e. The van der Waals surface area contributed by atoms with E-state index in [1.165, 1.54) is 0 Å². The molecule has 0 bridgehead atoms. The molecule has 6 aromatic rings. The summed E-state index contributed by atoms with van der Waals surface area (Å²) in [6, 6.07) is 56.0. The number of hydrogen-bond donors (Lipinski definition) is 0. The van der Waals surface area contributed by atoms with Crippen molar-refractivity contribution in [2.75, 3.05) is 0 Å². The van der Waals surface area contributed by atoms with Crippen LogP contribution in [0.3, 0.4) is 0 Å². The van der Waals surface area contributed by atoms with Crippen LogP contribution in [-0.2, 0) is 26.4 Å². The van der Waals surface area contributed by atoms with E-state index in [0.29, 0.717) is 26.4 Å². The van der Waals surface area contributed by atoms with Gasteiger partial charge in [-0.25, -0.2) is 0 Å². The van der Waals surface area contributed by atoms with Gasteiger partial charge in [0.05, 0.1) is 0 Å². The van der Waals surface area contributed by atoms with E-state index in [1.807, 2.05) is 127 Å². The fourth-order valence-electron chi connectivity index (χ4n) is 4.27. The van der Waals surface area contributed by atoms with E-state index in [2.05, 4.69) is 42.5 Å². The van der Waals surface area contributed by atoms with Gasteiger partial charge in [0.25, 0.3) is 0 Å². The van der Waals surface area contributed by atoms with Gasteiger partial charge in [-0.3, -0.25) is 0 Å². The third kappa shape index (κ3) is 10.4. The van der Waals surface area contributed by atoms with Gasteiger partial charge < -0.3 is 18.9 Å². The van der Waals surface area contributed by atoms with Crippen molar-refractivity contribution in [1.29, 1.82) is 0 Å². The second kappa shape index (κ2) is 16.8. The summed E-state index contributed by atoms with van der Waals surface area (Å²) in [6.45, 7) is 2.26. The normalized spacial score (nSPS) is 10.2. The Balaban J connectivity index is 0.000000175. The third-order valence-electron chi connectivity index (χ3n) is 6.61. The zero-order chi connectivity index (χ0) is 30.1. The molecule has 0 fully saturated rings. The smallest absolute Gasteiger partial charge is 0.119 e. The molecule has 0 N–H and O–H groups in total. The van der Waals surface area contributed by atoms with Crippen molar-refractivity contribution in [3.8, 4) is 23.0 Å². The van der Waals surface area contributed by atoms with E-state index in [-0.39, 0.29) is 0 Å². The molecule has 44 heavy (non-hydrogen) atoms. The van der Waals surface area contributed by atoms with Crippen LogP contribution < -0.4 is 18.9 Å². The predicted octanol–water partition coefficient (Wildman–Crippen LogP) is 9.69. The molecule has 0 heterocycles. The van der Waals surface area contributed by atoms with Crippen LogP contribution in [0, 0.1) is 0 Å². The molecule has 4 nitrogen and oxygen atoms in total. The number of benzene rings is 6. The maximum absolute atomic E-state index is 5.77. The molecule has 0 saturated heterocycles. The average molecular weight is 581 g/mol. The molecule has 0 aromatic heterocycles. The highest BCUT2D eigenvalue weighted by Crippen LogP contribution is 2.16. The fraction of sp³-hybridized carbons (Fsp3) is 0.100. The molecule has 6 aromatic carbocycles. The largest absolute Gasteiger partial charge is 0.489 e. The summed E-state index contributed by atoms with van der Waals surface area (Å²) in [7, 11) is 0. The molecule has 0 saturated carbocycles. The van der Waals surface area contributed by atoms with Gasteiger partial charge in [0, 0.05) is 0 Å². The minimum atomic E-state index is 0.559. The van der Waals surface area contributed by atoms with Crippen molar-refractivity contribution in [3.05, 3.63) is 192 Å². The summed E-state index contributed by atoms with van der Waals surface area (Å²) >= 11 is 0. The summed E-state index contributed by atoms with van der Waals surface area (Å²) < 4.78 is 23.0. The Morgan fingerprint density at radius 1 is 0.250 bits per heavy atom. The Bertz CT molecular complexity index is 1500. The van der Waals surface area contributed by atoms with Crippen LogP contribution in [-0.4, -0.2) is 0 Å². The maximum atomic E-state index is 5.77. The van der Waals surface area contributed by atoms with Crippen LogP contribution in [0.4, 0.5) is 0 Å². The number of hydrogen-bond acceptors (Lipinski definition) is 4. The van der Waals surface area contributed by atoms with Gasteiger partial charge in [-0.1, -0.05) is 115 Å². The molecule has 0 unspecified atom stereocenters. The maximum Gasteiger partial charge on any atom is 0.119 e. The molecule has 0 atom stereocenters. The molecular weight excluding hydrogens is 544 g/mol. The Hall–Kier alpha value is -5.48. The average Bonchev–Trinajstić information content (AvgIpc) is 3.11. The molecule has 0 aliphatic rings. The molecule has 0 spiro atoms. The van der Waals surface area contributed by atoms with Crippen LogP contribution >= 0.6 is 0 Å². The topological polar surface area (TPSA) is 36.9 Å². The summed E-state index contributed by atoms with van der Waals surface area (Å²) in [5, 5.41) is 0. The van der Waals surface area contributed by atoms with Crippen molar-refractivity contribution >= 4 is 0 Å². The number of para-hydroxylation sites is 4. The van der Waals surface area contributed by atoms with Crippen molar-refractivity contribution in [2.24, 2.45) is 0 Å². The Morgan fingerprint density at radius 3 is 0.818 bits per heavy atom. The van der Waals surface area contributed by atoms with Gasteiger partial charge in [-0.2, -0.15) is 0 Å². The monoisotopic (exact) mass is 580 g/mol. The van der Waals surface area contributed by atoms with Gasteiger partial charge in [-0.15, -0.1) is 0 Å². The van der Waals surface area contributed by atoms with E-state index in [0.717, 1.165) is 45.3 Å². The first-order valence-electron chi connectivity index (χ1n) is 14.7. The summed E-state index contributed by atoms with van der Waals surface area (Å²) in [6.07, 6.45) is 0. The van der Waals surface area contributed by atoms with Crippen LogP contribution in [0.1, 0.15) is 22.3 Å².